The van der Waals surface area contributed by atoms with Crippen molar-refractivity contribution < 1.29 is 23.9 Å². The third kappa shape index (κ3) is 5.98. The number of esters is 1. The first-order valence-electron chi connectivity index (χ1n) is 7.88. The largest absolute Gasteiger partial charge is 0.496 e. The number of halogens is 2. The third-order valence-corrected chi connectivity index (χ3v) is 4.33. The second-order valence-corrected chi connectivity index (χ2v) is 6.41. The van der Waals surface area contributed by atoms with Crippen molar-refractivity contribution in [3.63, 3.8) is 0 Å². The first-order valence-corrected chi connectivity index (χ1v) is 8.64. The van der Waals surface area contributed by atoms with Gasteiger partial charge in [-0.3, -0.25) is 14.4 Å². The minimum atomic E-state index is -0.627. The van der Waals surface area contributed by atoms with Crippen molar-refractivity contribution in [2.75, 3.05) is 19.0 Å². The maximum atomic E-state index is 12.0. The minimum absolute atomic E-state index is 0.131. The fourth-order valence-electron chi connectivity index (χ4n) is 2.26. The molecule has 0 spiro atoms. The molecule has 1 amide bonds. The van der Waals surface area contributed by atoms with Crippen LogP contribution in [0.15, 0.2) is 36.4 Å². The molecule has 142 valence electrons. The van der Waals surface area contributed by atoms with E-state index in [1.54, 1.807) is 30.3 Å². The summed E-state index contributed by atoms with van der Waals surface area (Å²) in [5.41, 5.74) is 1.39. The van der Waals surface area contributed by atoms with Crippen LogP contribution in [0.2, 0.25) is 10.0 Å². The van der Waals surface area contributed by atoms with Crippen LogP contribution in [0.1, 0.15) is 22.8 Å². The normalized spacial score (nSPS) is 10.2. The number of nitrogens with one attached hydrogen (secondary N) is 1. The number of benzene rings is 2. The lowest BCUT2D eigenvalue weighted by Gasteiger charge is -2.10. The van der Waals surface area contributed by atoms with Crippen molar-refractivity contribution in [1.82, 2.24) is 0 Å². The van der Waals surface area contributed by atoms with Crippen LogP contribution in [0.5, 0.6) is 5.75 Å². The molecule has 8 heteroatoms. The number of Topliss-reactive ketones (excluding diaryl/α,β-unsaturated/α-hetero) is 1. The molecule has 0 unspecified atom stereocenters. The molecule has 2 aromatic carbocycles. The second-order valence-electron chi connectivity index (χ2n) is 5.60. The van der Waals surface area contributed by atoms with E-state index in [2.05, 4.69) is 5.32 Å². The summed E-state index contributed by atoms with van der Waals surface area (Å²) < 4.78 is 10.2. The maximum absolute atomic E-state index is 12.0. The van der Waals surface area contributed by atoms with Gasteiger partial charge in [0.2, 0.25) is 0 Å². The SMILES string of the molecule is COc1ccc(C(C)=O)cc1CC(=O)OCC(=O)Nc1ccc(Cl)c(Cl)c1. The molecule has 0 saturated heterocycles. The molecule has 6 nitrogen and oxygen atoms in total. The summed E-state index contributed by atoms with van der Waals surface area (Å²) >= 11 is 11.7. The number of hydrogen-bond acceptors (Lipinski definition) is 5. The van der Waals surface area contributed by atoms with E-state index in [1.807, 2.05) is 0 Å². The first kappa shape index (κ1) is 20.7. The molecule has 0 atom stereocenters. The van der Waals surface area contributed by atoms with Gasteiger partial charge in [-0.05, 0) is 43.3 Å². The molecule has 0 aromatic heterocycles. The van der Waals surface area contributed by atoms with Gasteiger partial charge in [-0.25, -0.2) is 0 Å². The zero-order valence-corrected chi connectivity index (χ0v) is 16.2. The van der Waals surface area contributed by atoms with Gasteiger partial charge in [0.15, 0.2) is 12.4 Å². The molecule has 2 rings (SSSR count). The van der Waals surface area contributed by atoms with Gasteiger partial charge in [0.25, 0.3) is 5.91 Å². The summed E-state index contributed by atoms with van der Waals surface area (Å²) in [4.78, 5) is 35.4. The fourth-order valence-corrected chi connectivity index (χ4v) is 2.56. The Labute approximate surface area is 166 Å². The highest BCUT2D eigenvalue weighted by atomic mass is 35.5. The van der Waals surface area contributed by atoms with Crippen molar-refractivity contribution >= 4 is 46.5 Å². The molecule has 0 aliphatic carbocycles. The molecule has 0 aliphatic rings. The van der Waals surface area contributed by atoms with E-state index in [1.165, 1.54) is 20.1 Å². The van der Waals surface area contributed by atoms with Crippen LogP contribution in [0.3, 0.4) is 0 Å². The van der Waals surface area contributed by atoms with Gasteiger partial charge in [-0.15, -0.1) is 0 Å². The lowest BCUT2D eigenvalue weighted by molar-refractivity contribution is -0.146. The molecule has 1 N–H and O–H groups in total. The number of methoxy groups -OCH3 is 1. The van der Waals surface area contributed by atoms with E-state index in [-0.39, 0.29) is 12.2 Å². The van der Waals surface area contributed by atoms with E-state index < -0.39 is 18.5 Å². The Hall–Kier alpha value is -2.57. The van der Waals surface area contributed by atoms with Crippen molar-refractivity contribution in [1.29, 1.82) is 0 Å². The monoisotopic (exact) mass is 409 g/mol. The maximum Gasteiger partial charge on any atom is 0.310 e. The van der Waals surface area contributed by atoms with Crippen molar-refractivity contribution in [3.8, 4) is 5.75 Å². The van der Waals surface area contributed by atoms with Gasteiger partial charge < -0.3 is 14.8 Å². The molecule has 0 bridgehead atoms. The predicted molar refractivity (Wildman–Crippen MR) is 103 cm³/mol. The quantitative estimate of drug-likeness (QED) is 0.553. The summed E-state index contributed by atoms with van der Waals surface area (Å²) in [5.74, 6) is -0.824. The highest BCUT2D eigenvalue weighted by Gasteiger charge is 2.14. The molecule has 0 fully saturated rings. The van der Waals surface area contributed by atoms with E-state index in [0.29, 0.717) is 32.6 Å². The average Bonchev–Trinajstić information content (AvgIpc) is 2.63. The van der Waals surface area contributed by atoms with Gasteiger partial charge in [0.05, 0.1) is 23.6 Å². The molecule has 0 radical (unpaired) electrons. The fraction of sp³-hybridized carbons (Fsp3) is 0.211. The average molecular weight is 410 g/mol. The van der Waals surface area contributed by atoms with Crippen molar-refractivity contribution in [2.24, 2.45) is 0 Å². The Bertz CT molecular complexity index is 882. The number of hydrogen-bond donors (Lipinski definition) is 1. The minimum Gasteiger partial charge on any atom is -0.496 e. The van der Waals surface area contributed by atoms with Crippen LogP contribution >= 0.6 is 23.2 Å². The standard InChI is InChI=1S/C19H17Cl2NO5/c1-11(23)12-3-6-17(26-2)13(7-12)8-19(25)27-10-18(24)22-14-4-5-15(20)16(21)9-14/h3-7,9H,8,10H2,1-2H3,(H,22,24). The zero-order valence-electron chi connectivity index (χ0n) is 14.7. The van der Waals surface area contributed by atoms with Gasteiger partial charge in [-0.1, -0.05) is 23.2 Å². The highest BCUT2D eigenvalue weighted by molar-refractivity contribution is 6.42. The number of ether oxygens (including phenoxy) is 2. The summed E-state index contributed by atoms with van der Waals surface area (Å²) in [6.45, 7) is 0.963. The van der Waals surface area contributed by atoms with Gasteiger partial charge >= 0.3 is 5.97 Å². The lowest BCUT2D eigenvalue weighted by Crippen LogP contribution is -2.21. The number of anilines is 1. The summed E-state index contributed by atoms with van der Waals surface area (Å²) in [6.07, 6.45) is -0.135. The number of rotatable bonds is 7. The lowest BCUT2D eigenvalue weighted by atomic mass is 10.0. The van der Waals surface area contributed by atoms with Gasteiger partial charge in [0.1, 0.15) is 5.75 Å². The number of carbonyl (C=O) groups excluding carboxylic acids is 3. The van der Waals surface area contributed by atoms with E-state index in [4.69, 9.17) is 32.7 Å². The molecular weight excluding hydrogens is 393 g/mol. The number of ketones is 1. The summed E-state index contributed by atoms with van der Waals surface area (Å²) in [5, 5.41) is 3.21. The summed E-state index contributed by atoms with van der Waals surface area (Å²) in [6, 6.07) is 9.39. The van der Waals surface area contributed by atoms with Gasteiger partial charge in [-0.2, -0.15) is 0 Å². The van der Waals surface area contributed by atoms with Crippen LogP contribution in [-0.2, 0) is 20.7 Å². The van der Waals surface area contributed by atoms with Crippen molar-refractivity contribution in [3.05, 3.63) is 57.6 Å². The number of carbonyl (C=O) groups is 3. The molecule has 0 heterocycles. The molecule has 0 saturated carbocycles. The molecule has 0 aliphatic heterocycles. The zero-order chi connectivity index (χ0) is 20.0. The Kier molecular flexibility index (Phi) is 7.21. The second kappa shape index (κ2) is 9.39. The van der Waals surface area contributed by atoms with E-state index in [0.717, 1.165) is 0 Å². The van der Waals surface area contributed by atoms with Crippen LogP contribution in [0, 0.1) is 0 Å². The number of amides is 1. The van der Waals surface area contributed by atoms with Crippen molar-refractivity contribution in [2.45, 2.75) is 13.3 Å². The smallest absolute Gasteiger partial charge is 0.310 e. The Balaban J connectivity index is 1.93. The van der Waals surface area contributed by atoms with Crippen LogP contribution in [0.4, 0.5) is 5.69 Å². The summed E-state index contributed by atoms with van der Waals surface area (Å²) in [7, 11) is 1.46. The highest BCUT2D eigenvalue weighted by Crippen LogP contribution is 2.25. The third-order valence-electron chi connectivity index (χ3n) is 3.59. The molecule has 2 aromatic rings. The predicted octanol–water partition coefficient (Wildman–Crippen LogP) is 3.93. The first-order chi connectivity index (χ1) is 12.8. The Morgan fingerprint density at radius 2 is 1.78 bits per heavy atom. The van der Waals surface area contributed by atoms with Gasteiger partial charge in [0, 0.05) is 16.8 Å². The Morgan fingerprint density at radius 3 is 2.41 bits per heavy atom. The Morgan fingerprint density at radius 1 is 1.04 bits per heavy atom. The van der Waals surface area contributed by atoms with E-state index >= 15 is 0 Å². The van der Waals surface area contributed by atoms with E-state index in [9.17, 15) is 14.4 Å². The van der Waals surface area contributed by atoms with Crippen LogP contribution in [0.25, 0.3) is 0 Å². The van der Waals surface area contributed by atoms with Crippen LogP contribution < -0.4 is 10.1 Å². The van der Waals surface area contributed by atoms with Crippen LogP contribution in [-0.4, -0.2) is 31.4 Å². The molecular formula is C19H17Cl2NO5. The topological polar surface area (TPSA) is 81.7 Å². The molecule has 27 heavy (non-hydrogen) atoms.